The van der Waals surface area contributed by atoms with Crippen LogP contribution in [0.1, 0.15) is 66.2 Å². The first-order chi connectivity index (χ1) is 9.22. The molecule has 5 unspecified atom stereocenters. The molecule has 2 bridgehead atoms. The SMILES string of the molecule is CC1(C(=O)OC2CC3CCC2(C)C3(C)C)CCCC1N. The molecule has 0 spiro atoms. The highest BCUT2D eigenvalue weighted by Crippen LogP contribution is 2.66. The van der Waals surface area contributed by atoms with Gasteiger partial charge in [-0.15, -0.1) is 0 Å². The van der Waals surface area contributed by atoms with E-state index in [2.05, 4.69) is 20.8 Å². The van der Waals surface area contributed by atoms with Crippen LogP contribution in [0.25, 0.3) is 0 Å². The van der Waals surface area contributed by atoms with Crippen molar-refractivity contribution in [3.05, 3.63) is 0 Å². The Morgan fingerprint density at radius 3 is 2.30 bits per heavy atom. The normalized spacial score (nSPS) is 49.5. The Bertz CT molecular complexity index is 433. The third-order valence-electron chi connectivity index (χ3n) is 7.46. The van der Waals surface area contributed by atoms with Crippen LogP contribution in [0.3, 0.4) is 0 Å². The van der Waals surface area contributed by atoms with Crippen molar-refractivity contribution in [1.82, 2.24) is 0 Å². The maximum atomic E-state index is 12.7. The molecule has 3 nitrogen and oxygen atoms in total. The summed E-state index contributed by atoms with van der Waals surface area (Å²) in [7, 11) is 0. The molecule has 0 amide bonds. The molecule has 114 valence electrons. The van der Waals surface area contributed by atoms with Crippen LogP contribution in [-0.2, 0) is 9.53 Å². The predicted molar refractivity (Wildman–Crippen MR) is 79.0 cm³/mol. The highest BCUT2D eigenvalue weighted by Gasteiger charge is 2.63. The van der Waals surface area contributed by atoms with Gasteiger partial charge in [0.15, 0.2) is 0 Å². The molecule has 3 saturated carbocycles. The van der Waals surface area contributed by atoms with E-state index in [0.29, 0.717) is 5.92 Å². The molecule has 0 radical (unpaired) electrons. The average molecular weight is 279 g/mol. The average Bonchev–Trinajstić information content (AvgIpc) is 2.88. The van der Waals surface area contributed by atoms with E-state index in [4.69, 9.17) is 10.5 Å². The van der Waals surface area contributed by atoms with E-state index in [0.717, 1.165) is 25.7 Å². The van der Waals surface area contributed by atoms with Gasteiger partial charge in [-0.3, -0.25) is 4.79 Å². The topological polar surface area (TPSA) is 52.3 Å². The molecular weight excluding hydrogens is 250 g/mol. The summed E-state index contributed by atoms with van der Waals surface area (Å²) in [6.07, 6.45) is 6.47. The molecule has 0 aromatic heterocycles. The van der Waals surface area contributed by atoms with Crippen LogP contribution in [0.4, 0.5) is 0 Å². The molecule has 3 heteroatoms. The van der Waals surface area contributed by atoms with E-state index >= 15 is 0 Å². The smallest absolute Gasteiger partial charge is 0.313 e. The number of rotatable bonds is 2. The van der Waals surface area contributed by atoms with Crippen LogP contribution in [0.5, 0.6) is 0 Å². The Kier molecular flexibility index (Phi) is 3.03. The lowest BCUT2D eigenvalue weighted by Gasteiger charge is -2.40. The molecule has 3 fully saturated rings. The summed E-state index contributed by atoms with van der Waals surface area (Å²) in [5.74, 6) is 0.660. The van der Waals surface area contributed by atoms with Crippen LogP contribution in [-0.4, -0.2) is 18.1 Å². The van der Waals surface area contributed by atoms with Crippen LogP contribution < -0.4 is 5.73 Å². The second kappa shape index (κ2) is 4.22. The Hall–Kier alpha value is -0.570. The van der Waals surface area contributed by atoms with Crippen LogP contribution in [0.2, 0.25) is 0 Å². The summed E-state index contributed by atoms with van der Waals surface area (Å²) in [5, 5.41) is 0. The van der Waals surface area contributed by atoms with Gasteiger partial charge in [-0.25, -0.2) is 0 Å². The fourth-order valence-electron chi connectivity index (χ4n) is 5.02. The third-order valence-corrected chi connectivity index (χ3v) is 7.46. The van der Waals surface area contributed by atoms with Crippen molar-refractivity contribution in [1.29, 1.82) is 0 Å². The minimum Gasteiger partial charge on any atom is -0.461 e. The Morgan fingerprint density at radius 1 is 1.15 bits per heavy atom. The zero-order valence-corrected chi connectivity index (χ0v) is 13.4. The van der Waals surface area contributed by atoms with E-state index in [1.54, 1.807) is 0 Å². The molecule has 0 aromatic rings. The maximum absolute atomic E-state index is 12.7. The third kappa shape index (κ3) is 1.65. The van der Waals surface area contributed by atoms with Gasteiger partial charge in [0.25, 0.3) is 0 Å². The van der Waals surface area contributed by atoms with Crippen molar-refractivity contribution in [3.8, 4) is 0 Å². The van der Waals surface area contributed by atoms with Crippen molar-refractivity contribution in [2.45, 2.75) is 78.4 Å². The fraction of sp³-hybridized carbons (Fsp3) is 0.941. The van der Waals surface area contributed by atoms with Crippen molar-refractivity contribution in [2.75, 3.05) is 0 Å². The first kappa shape index (κ1) is 14.4. The highest BCUT2D eigenvalue weighted by atomic mass is 16.5. The molecule has 3 aliphatic carbocycles. The number of fused-ring (bicyclic) bond motifs is 2. The molecule has 0 heterocycles. The number of ether oxygens (including phenoxy) is 1. The van der Waals surface area contributed by atoms with Gasteiger partial charge in [-0.05, 0) is 50.4 Å². The Balaban J connectivity index is 1.75. The van der Waals surface area contributed by atoms with Gasteiger partial charge in [0.1, 0.15) is 6.10 Å². The molecular formula is C17H29NO2. The Labute approximate surface area is 122 Å². The van der Waals surface area contributed by atoms with Gasteiger partial charge in [0, 0.05) is 11.5 Å². The standard InChI is InChI=1S/C17H29NO2/c1-15(2)11-7-9-17(15,4)13(10-11)20-14(19)16(3)8-5-6-12(16)18/h11-13H,5-10,18H2,1-4H3. The molecule has 0 aromatic carbocycles. The number of nitrogens with two attached hydrogens (primary N) is 1. The van der Waals surface area contributed by atoms with Crippen LogP contribution in [0, 0.1) is 22.2 Å². The second-order valence-corrected chi connectivity index (χ2v) is 8.42. The minimum absolute atomic E-state index is 0.0330. The first-order valence-electron chi connectivity index (χ1n) is 8.18. The lowest BCUT2D eigenvalue weighted by Crippen LogP contribution is -2.46. The van der Waals surface area contributed by atoms with Gasteiger partial charge in [-0.1, -0.05) is 27.2 Å². The molecule has 3 rings (SSSR count). The molecule has 0 saturated heterocycles. The Morgan fingerprint density at radius 2 is 1.85 bits per heavy atom. The lowest BCUT2D eigenvalue weighted by molar-refractivity contribution is -0.168. The highest BCUT2D eigenvalue weighted by molar-refractivity contribution is 5.78. The van der Waals surface area contributed by atoms with E-state index in [1.165, 1.54) is 12.8 Å². The van der Waals surface area contributed by atoms with Gasteiger partial charge in [-0.2, -0.15) is 0 Å². The summed E-state index contributed by atoms with van der Waals surface area (Å²) in [6.45, 7) is 9.01. The molecule has 0 aliphatic heterocycles. The molecule has 3 aliphatic rings. The first-order valence-corrected chi connectivity index (χ1v) is 8.18. The van der Waals surface area contributed by atoms with E-state index in [1.807, 2.05) is 6.92 Å². The van der Waals surface area contributed by atoms with E-state index in [-0.39, 0.29) is 28.9 Å². The van der Waals surface area contributed by atoms with Crippen molar-refractivity contribution < 1.29 is 9.53 Å². The maximum Gasteiger partial charge on any atom is 0.313 e. The number of esters is 1. The summed E-state index contributed by atoms with van der Waals surface area (Å²) in [6, 6.07) is -0.0330. The summed E-state index contributed by atoms with van der Waals surface area (Å²) >= 11 is 0. The quantitative estimate of drug-likeness (QED) is 0.789. The van der Waals surface area contributed by atoms with Gasteiger partial charge in [0.2, 0.25) is 0 Å². The summed E-state index contributed by atoms with van der Waals surface area (Å²) in [5.41, 5.74) is 6.13. The van der Waals surface area contributed by atoms with Gasteiger partial charge < -0.3 is 10.5 Å². The molecule has 20 heavy (non-hydrogen) atoms. The predicted octanol–water partition coefficient (Wildman–Crippen LogP) is 3.26. The van der Waals surface area contributed by atoms with Crippen molar-refractivity contribution in [3.63, 3.8) is 0 Å². The molecule has 2 N–H and O–H groups in total. The number of carbonyl (C=O) groups is 1. The monoisotopic (exact) mass is 279 g/mol. The summed E-state index contributed by atoms with van der Waals surface area (Å²) < 4.78 is 6.02. The zero-order chi connectivity index (χ0) is 14.8. The number of hydrogen-bond donors (Lipinski definition) is 1. The fourth-order valence-corrected chi connectivity index (χ4v) is 5.02. The number of hydrogen-bond acceptors (Lipinski definition) is 3. The van der Waals surface area contributed by atoms with Crippen LogP contribution in [0.15, 0.2) is 0 Å². The van der Waals surface area contributed by atoms with Crippen molar-refractivity contribution >= 4 is 5.97 Å². The number of carbonyl (C=O) groups excluding carboxylic acids is 1. The van der Waals surface area contributed by atoms with Gasteiger partial charge >= 0.3 is 5.97 Å². The van der Waals surface area contributed by atoms with Crippen molar-refractivity contribution in [2.24, 2.45) is 27.9 Å². The zero-order valence-electron chi connectivity index (χ0n) is 13.4. The summed E-state index contributed by atoms with van der Waals surface area (Å²) in [4.78, 5) is 12.7. The second-order valence-electron chi connectivity index (χ2n) is 8.42. The van der Waals surface area contributed by atoms with E-state index in [9.17, 15) is 4.79 Å². The van der Waals surface area contributed by atoms with Crippen LogP contribution >= 0.6 is 0 Å². The lowest BCUT2D eigenvalue weighted by atomic mass is 9.70. The minimum atomic E-state index is -0.456. The van der Waals surface area contributed by atoms with E-state index < -0.39 is 5.41 Å². The molecule has 5 atom stereocenters. The van der Waals surface area contributed by atoms with Gasteiger partial charge in [0.05, 0.1) is 5.41 Å². The largest absolute Gasteiger partial charge is 0.461 e.